The predicted molar refractivity (Wildman–Crippen MR) is 144 cm³/mol. The first-order valence-corrected chi connectivity index (χ1v) is 14.0. The molecular formula is C25H26ClN5O7S. The monoisotopic (exact) mass is 575 g/mol. The van der Waals surface area contributed by atoms with E-state index < -0.39 is 39.9 Å². The van der Waals surface area contributed by atoms with Gasteiger partial charge in [-0.15, -0.1) is 0 Å². The molecule has 0 saturated carbocycles. The second-order valence-corrected chi connectivity index (χ2v) is 11.2. The molecule has 39 heavy (non-hydrogen) atoms. The molecule has 0 fully saturated rings. The minimum atomic E-state index is -3.47. The van der Waals surface area contributed by atoms with Gasteiger partial charge in [-0.3, -0.25) is 14.3 Å². The third kappa shape index (κ3) is 6.38. The molecule has 2 N–H and O–H groups in total. The normalized spacial score (nSPS) is 12.3. The Kier molecular flexibility index (Phi) is 8.53. The van der Waals surface area contributed by atoms with Gasteiger partial charge in [-0.25, -0.2) is 22.6 Å². The van der Waals surface area contributed by atoms with Gasteiger partial charge in [0.25, 0.3) is 0 Å². The van der Waals surface area contributed by atoms with Crippen LogP contribution in [0.15, 0.2) is 59.8 Å². The van der Waals surface area contributed by atoms with Crippen molar-refractivity contribution in [2.45, 2.75) is 13.0 Å². The van der Waals surface area contributed by atoms with Crippen molar-refractivity contribution in [3.63, 3.8) is 0 Å². The lowest BCUT2D eigenvalue weighted by molar-refractivity contribution is -0.147. The molecule has 0 amide bonds. The highest BCUT2D eigenvalue weighted by atomic mass is 35.5. The minimum Gasteiger partial charge on any atom is -0.493 e. The van der Waals surface area contributed by atoms with Crippen molar-refractivity contribution in [1.29, 1.82) is 0 Å². The number of nitrogens with zero attached hydrogens (tertiary/aromatic N) is 4. The number of rotatable bonds is 11. The summed E-state index contributed by atoms with van der Waals surface area (Å²) >= 11 is 5.95. The Balaban J connectivity index is 1.64. The quantitative estimate of drug-likeness (QED) is 0.262. The van der Waals surface area contributed by atoms with Crippen LogP contribution in [0.2, 0.25) is 5.02 Å². The molecule has 0 unspecified atom stereocenters. The van der Waals surface area contributed by atoms with Gasteiger partial charge in [-0.2, -0.15) is 0 Å². The van der Waals surface area contributed by atoms with Crippen molar-refractivity contribution < 1.29 is 27.4 Å². The molecule has 3 heterocycles. The van der Waals surface area contributed by atoms with Crippen LogP contribution in [0.25, 0.3) is 22.7 Å². The number of pyridine rings is 1. The Bertz CT molecular complexity index is 1650. The Hall–Kier alpha value is -3.94. The molecular weight excluding hydrogens is 550 g/mol. The predicted octanol–water partition coefficient (Wildman–Crippen LogP) is 1.89. The van der Waals surface area contributed by atoms with Gasteiger partial charge in [-0.1, -0.05) is 18.5 Å². The lowest BCUT2D eigenvalue weighted by Crippen LogP contribution is -2.35. The van der Waals surface area contributed by atoms with Gasteiger partial charge >= 0.3 is 11.7 Å². The molecule has 1 aromatic carbocycles. The smallest absolute Gasteiger partial charge is 0.340 e. The van der Waals surface area contributed by atoms with Gasteiger partial charge in [0.2, 0.25) is 0 Å². The standard InChI is InChI=1S/C25H26ClN5O7S/c1-3-39(34,35)14-18(38-24(32)11-27)13-37-21-8-5-17(10-22(21)36-2)30-15-29-23-9-7-20(31(23)25(30)33)19-6-4-16(26)12-28-19/h4-10,12,15,18H,3,11,13-14,27H2,1-2H3/t18-/m0/s1. The van der Waals surface area contributed by atoms with Gasteiger partial charge in [0.05, 0.1) is 41.5 Å². The fraction of sp³-hybridized carbons (Fsp3) is 0.280. The van der Waals surface area contributed by atoms with E-state index in [1.54, 1.807) is 42.5 Å². The van der Waals surface area contributed by atoms with Gasteiger partial charge in [0.1, 0.15) is 24.7 Å². The van der Waals surface area contributed by atoms with E-state index in [2.05, 4.69) is 9.97 Å². The zero-order chi connectivity index (χ0) is 28.2. The van der Waals surface area contributed by atoms with Gasteiger partial charge in [0, 0.05) is 18.0 Å². The van der Waals surface area contributed by atoms with Crippen LogP contribution >= 0.6 is 11.6 Å². The highest BCUT2D eigenvalue weighted by Gasteiger charge is 2.23. The topological polar surface area (TPSA) is 157 Å². The van der Waals surface area contributed by atoms with Crippen LogP contribution in [-0.4, -0.2) is 71.2 Å². The van der Waals surface area contributed by atoms with Gasteiger partial charge < -0.3 is 19.9 Å². The van der Waals surface area contributed by atoms with Crippen LogP contribution in [0.5, 0.6) is 11.5 Å². The number of halogens is 1. The van der Waals surface area contributed by atoms with E-state index >= 15 is 0 Å². The van der Waals surface area contributed by atoms with E-state index in [9.17, 15) is 18.0 Å². The second kappa shape index (κ2) is 11.8. The molecule has 0 aliphatic rings. The van der Waals surface area contributed by atoms with Crippen LogP contribution in [0, 0.1) is 0 Å². The summed E-state index contributed by atoms with van der Waals surface area (Å²) in [5.74, 6) is -0.783. The molecule has 0 radical (unpaired) electrons. The number of methoxy groups -OCH3 is 1. The summed E-state index contributed by atoms with van der Waals surface area (Å²) in [5, 5.41) is 0.473. The largest absolute Gasteiger partial charge is 0.493 e. The van der Waals surface area contributed by atoms with Crippen molar-refractivity contribution in [3.05, 3.63) is 70.5 Å². The Morgan fingerprint density at radius 1 is 1.13 bits per heavy atom. The van der Waals surface area contributed by atoms with E-state index in [-0.39, 0.29) is 23.9 Å². The third-order valence-corrected chi connectivity index (χ3v) is 7.73. The number of sulfone groups is 1. The fourth-order valence-corrected chi connectivity index (χ4v) is 4.84. The molecule has 206 valence electrons. The third-order valence-electron chi connectivity index (χ3n) is 5.75. The fourth-order valence-electron chi connectivity index (χ4n) is 3.77. The van der Waals surface area contributed by atoms with Gasteiger partial charge in [0.15, 0.2) is 21.3 Å². The molecule has 0 aliphatic carbocycles. The minimum absolute atomic E-state index is 0.119. The van der Waals surface area contributed by atoms with Crippen molar-refractivity contribution in [1.82, 2.24) is 18.9 Å². The van der Waals surface area contributed by atoms with E-state index in [1.165, 1.54) is 35.5 Å². The van der Waals surface area contributed by atoms with Crippen LogP contribution in [0.1, 0.15) is 6.92 Å². The van der Waals surface area contributed by atoms with Crippen LogP contribution in [0.3, 0.4) is 0 Å². The summed E-state index contributed by atoms with van der Waals surface area (Å²) in [7, 11) is -2.05. The zero-order valence-electron chi connectivity index (χ0n) is 21.1. The van der Waals surface area contributed by atoms with E-state index in [0.717, 1.165) is 0 Å². The summed E-state index contributed by atoms with van der Waals surface area (Å²) in [6.45, 7) is 0.844. The molecule has 1 atom stereocenters. The first-order chi connectivity index (χ1) is 18.7. The van der Waals surface area contributed by atoms with Crippen LogP contribution in [0.4, 0.5) is 0 Å². The summed E-state index contributed by atoms with van der Waals surface area (Å²) in [5.41, 5.74) is 6.87. The van der Waals surface area contributed by atoms with Crippen molar-refractivity contribution in [2.24, 2.45) is 5.73 Å². The summed E-state index contributed by atoms with van der Waals surface area (Å²) in [6.07, 6.45) is 1.82. The molecule has 3 aromatic heterocycles. The summed E-state index contributed by atoms with van der Waals surface area (Å²) in [4.78, 5) is 33.9. The van der Waals surface area contributed by atoms with Crippen molar-refractivity contribution in [2.75, 3.05) is 31.8 Å². The summed E-state index contributed by atoms with van der Waals surface area (Å²) < 4.78 is 43.3. The molecule has 0 aliphatic heterocycles. The van der Waals surface area contributed by atoms with E-state index in [0.29, 0.717) is 27.7 Å². The van der Waals surface area contributed by atoms with Crippen molar-refractivity contribution >= 4 is 33.1 Å². The second-order valence-electron chi connectivity index (χ2n) is 8.33. The van der Waals surface area contributed by atoms with Crippen molar-refractivity contribution in [3.8, 4) is 28.6 Å². The number of benzene rings is 1. The van der Waals surface area contributed by atoms with E-state index in [1.807, 2.05) is 0 Å². The number of nitrogens with two attached hydrogens (primary N) is 1. The Morgan fingerprint density at radius 3 is 2.59 bits per heavy atom. The highest BCUT2D eigenvalue weighted by Crippen LogP contribution is 2.30. The molecule has 4 aromatic rings. The number of hydrogen-bond donors (Lipinski definition) is 1. The number of aromatic nitrogens is 4. The average molecular weight is 576 g/mol. The van der Waals surface area contributed by atoms with E-state index in [4.69, 9.17) is 31.5 Å². The molecule has 0 bridgehead atoms. The molecule has 12 nitrogen and oxygen atoms in total. The number of esters is 1. The molecule has 0 spiro atoms. The number of ether oxygens (including phenoxy) is 3. The van der Waals surface area contributed by atoms with Crippen LogP contribution < -0.4 is 20.9 Å². The molecule has 0 saturated heterocycles. The summed E-state index contributed by atoms with van der Waals surface area (Å²) in [6, 6.07) is 11.6. The van der Waals surface area contributed by atoms with Crippen LogP contribution in [-0.2, 0) is 19.4 Å². The maximum atomic E-state index is 13.5. The highest BCUT2D eigenvalue weighted by molar-refractivity contribution is 7.91. The Morgan fingerprint density at radius 2 is 1.92 bits per heavy atom. The zero-order valence-corrected chi connectivity index (χ0v) is 22.7. The number of carbonyl (C=O) groups excluding carboxylic acids is 1. The SMILES string of the molecule is CCS(=O)(=O)C[C@H](COc1ccc(-n2cnc3ccc(-c4ccc(Cl)cn4)n3c2=O)cc1OC)OC(=O)CN. The number of fused-ring (bicyclic) bond motifs is 1. The Labute approximate surface area is 228 Å². The van der Waals surface area contributed by atoms with Gasteiger partial charge in [-0.05, 0) is 36.4 Å². The first-order valence-electron chi connectivity index (χ1n) is 11.8. The molecule has 4 rings (SSSR count). The number of hydrogen-bond acceptors (Lipinski definition) is 10. The lowest BCUT2D eigenvalue weighted by atomic mass is 10.2. The maximum Gasteiger partial charge on any atom is 0.340 e. The molecule has 14 heteroatoms. The first kappa shape index (κ1) is 28.1. The lowest BCUT2D eigenvalue weighted by Gasteiger charge is -2.19. The average Bonchev–Trinajstić information content (AvgIpc) is 3.37. The maximum absolute atomic E-state index is 13.5. The number of carbonyl (C=O) groups is 1.